The standard InChI is InChI=1S/C21H17ClN4O4/c1-29-16-8-7-14(22)11-15(16)24-17(27)9-10-26-12-23-19-18(13-5-3-2-4-6-13)25-30-20(19)21(26)28/h2-8,11-12H,9-10H2,1H3,(H,24,27). The van der Waals surface area contributed by atoms with Crippen molar-refractivity contribution < 1.29 is 14.1 Å². The van der Waals surface area contributed by atoms with Crippen LogP contribution < -0.4 is 15.6 Å². The molecule has 1 N–H and O–H groups in total. The molecule has 9 heteroatoms. The summed E-state index contributed by atoms with van der Waals surface area (Å²) >= 11 is 5.98. The van der Waals surface area contributed by atoms with E-state index in [9.17, 15) is 9.59 Å². The van der Waals surface area contributed by atoms with Crippen LogP contribution in [0, 0.1) is 0 Å². The topological polar surface area (TPSA) is 99.2 Å². The second-order valence-corrected chi connectivity index (χ2v) is 6.90. The fourth-order valence-corrected chi connectivity index (χ4v) is 3.19. The van der Waals surface area contributed by atoms with Crippen LogP contribution in [0.5, 0.6) is 5.75 Å². The van der Waals surface area contributed by atoms with Crippen molar-refractivity contribution in [1.29, 1.82) is 0 Å². The van der Waals surface area contributed by atoms with Crippen LogP contribution in [-0.4, -0.2) is 27.7 Å². The first kappa shape index (κ1) is 19.7. The number of amides is 1. The van der Waals surface area contributed by atoms with Crippen molar-refractivity contribution in [1.82, 2.24) is 14.7 Å². The molecular formula is C21H17ClN4O4. The van der Waals surface area contributed by atoms with Gasteiger partial charge >= 0.3 is 0 Å². The summed E-state index contributed by atoms with van der Waals surface area (Å²) in [6, 6.07) is 14.3. The Morgan fingerprint density at radius 1 is 1.23 bits per heavy atom. The Labute approximate surface area is 176 Å². The van der Waals surface area contributed by atoms with E-state index in [0.717, 1.165) is 5.56 Å². The fraction of sp³-hybridized carbons (Fsp3) is 0.143. The van der Waals surface area contributed by atoms with Gasteiger partial charge in [0.1, 0.15) is 17.0 Å². The van der Waals surface area contributed by atoms with Gasteiger partial charge < -0.3 is 14.6 Å². The molecular weight excluding hydrogens is 408 g/mol. The van der Waals surface area contributed by atoms with Gasteiger partial charge in [-0.1, -0.05) is 47.1 Å². The van der Waals surface area contributed by atoms with Crippen molar-refractivity contribution in [2.75, 3.05) is 12.4 Å². The molecule has 0 radical (unpaired) electrons. The molecule has 0 aliphatic heterocycles. The third kappa shape index (κ3) is 3.90. The zero-order valence-electron chi connectivity index (χ0n) is 16.0. The molecule has 0 bridgehead atoms. The molecule has 0 unspecified atom stereocenters. The zero-order valence-corrected chi connectivity index (χ0v) is 16.7. The number of ether oxygens (including phenoxy) is 1. The average Bonchev–Trinajstić information content (AvgIpc) is 3.19. The molecule has 0 aliphatic carbocycles. The smallest absolute Gasteiger partial charge is 0.299 e. The van der Waals surface area contributed by atoms with Gasteiger partial charge in [-0.15, -0.1) is 0 Å². The van der Waals surface area contributed by atoms with Gasteiger partial charge in [0.05, 0.1) is 19.1 Å². The highest BCUT2D eigenvalue weighted by Gasteiger charge is 2.17. The maximum absolute atomic E-state index is 12.7. The van der Waals surface area contributed by atoms with E-state index in [0.29, 0.717) is 27.7 Å². The van der Waals surface area contributed by atoms with E-state index in [-0.39, 0.29) is 24.5 Å². The summed E-state index contributed by atoms with van der Waals surface area (Å²) in [5.41, 5.74) is 1.79. The van der Waals surface area contributed by atoms with Gasteiger partial charge in [-0.3, -0.25) is 14.2 Å². The van der Waals surface area contributed by atoms with Gasteiger partial charge in [-0.2, -0.15) is 0 Å². The van der Waals surface area contributed by atoms with Crippen molar-refractivity contribution in [3.63, 3.8) is 0 Å². The first-order valence-corrected chi connectivity index (χ1v) is 9.48. The average molecular weight is 425 g/mol. The van der Waals surface area contributed by atoms with Crippen LogP contribution in [0.4, 0.5) is 5.69 Å². The normalized spacial score (nSPS) is 10.9. The summed E-state index contributed by atoms with van der Waals surface area (Å²) in [5.74, 6) is 0.188. The number of halogens is 1. The minimum absolute atomic E-state index is 0.0441. The van der Waals surface area contributed by atoms with Crippen molar-refractivity contribution in [2.45, 2.75) is 13.0 Å². The third-order valence-electron chi connectivity index (χ3n) is 4.51. The van der Waals surface area contributed by atoms with Crippen molar-refractivity contribution in [3.05, 3.63) is 70.2 Å². The number of fused-ring (bicyclic) bond motifs is 1. The molecule has 1 amide bonds. The van der Waals surface area contributed by atoms with Crippen LogP contribution in [0.15, 0.2) is 64.2 Å². The lowest BCUT2D eigenvalue weighted by Crippen LogP contribution is -2.23. The minimum Gasteiger partial charge on any atom is -0.495 e. The number of anilines is 1. The van der Waals surface area contributed by atoms with Gasteiger partial charge in [0.2, 0.25) is 5.91 Å². The Bertz CT molecular complexity index is 1270. The van der Waals surface area contributed by atoms with Gasteiger partial charge in [-0.05, 0) is 18.2 Å². The molecule has 4 aromatic rings. The van der Waals surface area contributed by atoms with Crippen LogP contribution in [-0.2, 0) is 11.3 Å². The molecule has 152 valence electrons. The number of hydrogen-bond donors (Lipinski definition) is 1. The molecule has 4 rings (SSSR count). The second-order valence-electron chi connectivity index (χ2n) is 6.46. The number of nitrogens with zero attached hydrogens (tertiary/aromatic N) is 3. The molecule has 0 spiro atoms. The summed E-state index contributed by atoms with van der Waals surface area (Å²) in [7, 11) is 1.50. The first-order chi connectivity index (χ1) is 14.6. The Morgan fingerprint density at radius 2 is 2.03 bits per heavy atom. The van der Waals surface area contributed by atoms with Crippen LogP contribution in [0.25, 0.3) is 22.4 Å². The highest BCUT2D eigenvalue weighted by molar-refractivity contribution is 6.31. The molecule has 0 atom stereocenters. The van der Waals surface area contributed by atoms with E-state index in [1.54, 1.807) is 18.2 Å². The SMILES string of the molecule is COc1ccc(Cl)cc1NC(=O)CCn1cnc2c(-c3ccccc3)noc2c1=O. The van der Waals surface area contributed by atoms with Crippen molar-refractivity contribution in [3.8, 4) is 17.0 Å². The van der Waals surface area contributed by atoms with E-state index in [1.807, 2.05) is 30.3 Å². The van der Waals surface area contributed by atoms with Gasteiger partial charge in [0.25, 0.3) is 11.1 Å². The lowest BCUT2D eigenvalue weighted by atomic mass is 10.1. The van der Waals surface area contributed by atoms with E-state index in [1.165, 1.54) is 18.0 Å². The predicted molar refractivity (Wildman–Crippen MR) is 113 cm³/mol. The van der Waals surface area contributed by atoms with Crippen LogP contribution in [0.3, 0.4) is 0 Å². The second kappa shape index (κ2) is 8.38. The van der Waals surface area contributed by atoms with Crippen LogP contribution >= 0.6 is 11.6 Å². The number of aryl methyl sites for hydroxylation is 1. The Balaban J connectivity index is 1.51. The Hall–Kier alpha value is -3.65. The predicted octanol–water partition coefficient (Wildman–Crippen LogP) is 3.74. The largest absolute Gasteiger partial charge is 0.495 e. The highest BCUT2D eigenvalue weighted by Crippen LogP contribution is 2.28. The van der Waals surface area contributed by atoms with Gasteiger partial charge in [-0.25, -0.2) is 4.98 Å². The molecule has 0 fully saturated rings. The number of benzene rings is 2. The summed E-state index contributed by atoms with van der Waals surface area (Å²) in [4.78, 5) is 29.4. The molecule has 0 saturated carbocycles. The number of hydrogen-bond acceptors (Lipinski definition) is 6. The molecule has 2 aromatic heterocycles. The van der Waals surface area contributed by atoms with Crippen molar-refractivity contribution >= 4 is 34.3 Å². The van der Waals surface area contributed by atoms with E-state index >= 15 is 0 Å². The third-order valence-corrected chi connectivity index (χ3v) is 4.75. The van der Waals surface area contributed by atoms with Gasteiger partial charge in [0.15, 0.2) is 0 Å². The van der Waals surface area contributed by atoms with Crippen LogP contribution in [0.1, 0.15) is 6.42 Å². The van der Waals surface area contributed by atoms with E-state index < -0.39 is 5.56 Å². The summed E-state index contributed by atoms with van der Waals surface area (Å²) in [6.45, 7) is 0.123. The quantitative estimate of drug-likeness (QED) is 0.506. The minimum atomic E-state index is -0.400. The molecule has 30 heavy (non-hydrogen) atoms. The number of carbonyl (C=O) groups excluding carboxylic acids is 1. The molecule has 2 aromatic carbocycles. The van der Waals surface area contributed by atoms with Gasteiger partial charge in [0, 0.05) is 23.6 Å². The number of carbonyl (C=O) groups is 1. The maximum Gasteiger partial charge on any atom is 0.299 e. The Kier molecular flexibility index (Phi) is 5.49. The molecule has 2 heterocycles. The van der Waals surface area contributed by atoms with E-state index in [4.69, 9.17) is 20.9 Å². The molecule has 0 saturated heterocycles. The lowest BCUT2D eigenvalue weighted by molar-refractivity contribution is -0.116. The molecule has 8 nitrogen and oxygen atoms in total. The fourth-order valence-electron chi connectivity index (χ4n) is 3.01. The van der Waals surface area contributed by atoms with E-state index in [2.05, 4.69) is 15.5 Å². The monoisotopic (exact) mass is 424 g/mol. The number of methoxy groups -OCH3 is 1. The Morgan fingerprint density at radius 3 is 2.80 bits per heavy atom. The van der Waals surface area contributed by atoms with Crippen molar-refractivity contribution in [2.24, 2.45) is 0 Å². The molecule has 0 aliphatic rings. The number of rotatable bonds is 6. The van der Waals surface area contributed by atoms with Crippen LogP contribution in [0.2, 0.25) is 5.02 Å². The summed E-state index contributed by atoms with van der Waals surface area (Å²) in [5, 5.41) is 7.19. The summed E-state index contributed by atoms with van der Waals surface area (Å²) in [6.07, 6.45) is 1.43. The highest BCUT2D eigenvalue weighted by atomic mass is 35.5. The summed E-state index contributed by atoms with van der Waals surface area (Å²) < 4.78 is 11.8. The number of nitrogens with one attached hydrogen (secondary N) is 1. The maximum atomic E-state index is 12.7. The first-order valence-electron chi connectivity index (χ1n) is 9.10. The zero-order chi connectivity index (χ0) is 21.1. The lowest BCUT2D eigenvalue weighted by Gasteiger charge is -2.11. The number of aromatic nitrogens is 3.